The van der Waals surface area contributed by atoms with Crippen molar-refractivity contribution in [1.29, 1.82) is 0 Å². The first-order chi connectivity index (χ1) is 16.1. The van der Waals surface area contributed by atoms with Gasteiger partial charge in [0, 0.05) is 50.8 Å². The minimum absolute atomic E-state index is 0.0916. The van der Waals surface area contributed by atoms with Gasteiger partial charge < -0.3 is 25.4 Å². The van der Waals surface area contributed by atoms with Crippen LogP contribution >= 0.6 is 0 Å². The number of nitrogen functional groups attached to an aromatic ring is 1. The molecule has 1 amide bonds. The van der Waals surface area contributed by atoms with Gasteiger partial charge in [-0.15, -0.1) is 0 Å². The van der Waals surface area contributed by atoms with E-state index in [1.165, 1.54) is 5.56 Å². The average Bonchev–Trinajstić information content (AvgIpc) is 3.39. The van der Waals surface area contributed by atoms with Crippen LogP contribution in [-0.2, 0) is 14.3 Å². The van der Waals surface area contributed by atoms with Gasteiger partial charge >= 0.3 is 0 Å². The lowest BCUT2D eigenvalue weighted by Crippen LogP contribution is -2.45. The fourth-order valence-corrected chi connectivity index (χ4v) is 5.15. The van der Waals surface area contributed by atoms with Gasteiger partial charge in [0.05, 0.1) is 25.8 Å². The van der Waals surface area contributed by atoms with E-state index >= 15 is 0 Å². The number of likely N-dealkylation sites (tertiary alicyclic amines) is 1. The number of carboxylic acid groups (broad SMARTS) is 1. The summed E-state index contributed by atoms with van der Waals surface area (Å²) < 4.78 is 5.43. The summed E-state index contributed by atoms with van der Waals surface area (Å²) in [6.45, 7) is 5.81. The maximum absolute atomic E-state index is 13.3. The fourth-order valence-electron chi connectivity index (χ4n) is 5.15. The minimum atomic E-state index is -0.250. The molecule has 4 heterocycles. The van der Waals surface area contributed by atoms with Gasteiger partial charge in [0.15, 0.2) is 0 Å². The third-order valence-electron chi connectivity index (χ3n) is 6.57. The molecule has 5 rings (SSSR count). The first-order valence-corrected chi connectivity index (χ1v) is 11.2. The Balaban J connectivity index is 0.000000821. The minimum Gasteiger partial charge on any atom is -0.483 e. The van der Waals surface area contributed by atoms with Crippen molar-refractivity contribution in [3.05, 3.63) is 48.2 Å². The molecule has 0 spiro atoms. The predicted molar refractivity (Wildman–Crippen MR) is 122 cm³/mol. The van der Waals surface area contributed by atoms with E-state index in [2.05, 4.69) is 48.9 Å². The van der Waals surface area contributed by atoms with Crippen molar-refractivity contribution in [3.8, 4) is 0 Å². The van der Waals surface area contributed by atoms with Crippen LogP contribution in [0.4, 0.5) is 11.8 Å². The number of ether oxygens (including phenoxy) is 1. The second kappa shape index (κ2) is 10.6. The Bertz CT molecular complexity index is 940. The zero-order valence-electron chi connectivity index (χ0n) is 18.5. The molecule has 0 saturated carbocycles. The van der Waals surface area contributed by atoms with Gasteiger partial charge in [0.2, 0.25) is 11.9 Å². The monoisotopic (exact) mass is 454 g/mol. The van der Waals surface area contributed by atoms with E-state index < -0.39 is 0 Å². The van der Waals surface area contributed by atoms with Gasteiger partial charge in [0.25, 0.3) is 6.47 Å². The number of anilines is 2. The molecule has 0 radical (unpaired) electrons. The predicted octanol–water partition coefficient (Wildman–Crippen LogP) is 0.728. The third kappa shape index (κ3) is 5.23. The van der Waals surface area contributed by atoms with Crippen LogP contribution in [0.15, 0.2) is 42.6 Å². The summed E-state index contributed by atoms with van der Waals surface area (Å²) in [6, 6.07) is 12.4. The molecule has 3 aliphatic heterocycles. The third-order valence-corrected chi connectivity index (χ3v) is 6.57. The van der Waals surface area contributed by atoms with E-state index in [4.69, 9.17) is 20.4 Å². The van der Waals surface area contributed by atoms with Crippen molar-refractivity contribution in [3.63, 3.8) is 0 Å². The fraction of sp³-hybridized carbons (Fsp3) is 0.478. The molecular weight excluding hydrogens is 424 g/mol. The highest BCUT2D eigenvalue weighted by Gasteiger charge is 2.49. The molecule has 0 unspecified atom stereocenters. The van der Waals surface area contributed by atoms with Gasteiger partial charge in [-0.05, 0) is 11.6 Å². The molecule has 176 valence electrons. The lowest BCUT2D eigenvalue weighted by molar-refractivity contribution is -0.135. The van der Waals surface area contributed by atoms with E-state index in [1.54, 1.807) is 6.20 Å². The van der Waals surface area contributed by atoms with Crippen molar-refractivity contribution in [2.24, 2.45) is 11.8 Å². The van der Waals surface area contributed by atoms with Crippen LogP contribution in [0.2, 0.25) is 0 Å². The largest absolute Gasteiger partial charge is 0.483 e. The van der Waals surface area contributed by atoms with Crippen molar-refractivity contribution < 1.29 is 19.4 Å². The Morgan fingerprint density at radius 1 is 1.15 bits per heavy atom. The summed E-state index contributed by atoms with van der Waals surface area (Å²) in [5, 5.41) is 6.89. The van der Waals surface area contributed by atoms with Crippen LogP contribution < -0.4 is 10.6 Å². The smallest absolute Gasteiger partial charge is 0.290 e. The number of nitrogens with zero attached hydrogens (tertiary/aromatic N) is 5. The zero-order chi connectivity index (χ0) is 23.2. The topological polar surface area (TPSA) is 125 Å². The van der Waals surface area contributed by atoms with E-state index in [-0.39, 0.29) is 18.4 Å². The number of benzene rings is 1. The molecule has 1 aromatic heterocycles. The van der Waals surface area contributed by atoms with Crippen LogP contribution in [-0.4, -0.2) is 89.7 Å². The Morgan fingerprint density at radius 2 is 1.88 bits per heavy atom. The van der Waals surface area contributed by atoms with Crippen LogP contribution in [0.5, 0.6) is 0 Å². The number of fused-ring (bicyclic) bond motifs is 1. The Labute approximate surface area is 193 Å². The number of carbonyl (C=O) groups excluding carboxylic acids is 1. The summed E-state index contributed by atoms with van der Waals surface area (Å²) in [5.41, 5.74) is 7.01. The second-order valence-corrected chi connectivity index (χ2v) is 8.50. The maximum atomic E-state index is 13.3. The molecule has 33 heavy (non-hydrogen) atoms. The molecule has 0 bridgehead atoms. The van der Waals surface area contributed by atoms with Gasteiger partial charge in [-0.3, -0.25) is 14.5 Å². The lowest BCUT2D eigenvalue weighted by atomic mass is 9.89. The first kappa shape index (κ1) is 22.9. The maximum Gasteiger partial charge on any atom is 0.290 e. The number of carbonyl (C=O) groups is 2. The number of hydrogen-bond donors (Lipinski definition) is 2. The summed E-state index contributed by atoms with van der Waals surface area (Å²) in [6.07, 6.45) is 1.71. The van der Waals surface area contributed by atoms with Crippen molar-refractivity contribution in [2.75, 3.05) is 63.1 Å². The van der Waals surface area contributed by atoms with Crippen molar-refractivity contribution in [2.45, 2.75) is 6.04 Å². The highest BCUT2D eigenvalue weighted by Crippen LogP contribution is 2.45. The van der Waals surface area contributed by atoms with Gasteiger partial charge in [-0.1, -0.05) is 30.3 Å². The highest BCUT2D eigenvalue weighted by atomic mass is 16.5. The molecule has 3 atom stereocenters. The number of rotatable bonds is 4. The molecule has 3 N–H and O–H groups in total. The zero-order valence-corrected chi connectivity index (χ0v) is 18.5. The quantitative estimate of drug-likeness (QED) is 0.643. The van der Waals surface area contributed by atoms with Crippen molar-refractivity contribution in [1.82, 2.24) is 19.8 Å². The van der Waals surface area contributed by atoms with Gasteiger partial charge in [-0.2, -0.15) is 4.98 Å². The number of amides is 1. The van der Waals surface area contributed by atoms with E-state index in [1.807, 2.05) is 12.1 Å². The van der Waals surface area contributed by atoms with E-state index in [9.17, 15) is 4.79 Å². The Morgan fingerprint density at radius 3 is 2.58 bits per heavy atom. The standard InChI is InChI=1S/C22H28N6O2.CH2O2/c23-22-24-7-6-19(25-22)27-12-17-13-28(20(29)15-26-8-10-30-11-9-26)21(18(17)14-27)16-4-2-1-3-5-16;2-1-3/h1-7,17-18,21H,8-15H2,(H2,23,24,25);1H,(H,2,3)/t17-,18-,21+;/m0./s1. The van der Waals surface area contributed by atoms with Crippen LogP contribution in [0, 0.1) is 11.8 Å². The number of nitrogens with two attached hydrogens (primary N) is 1. The molecule has 3 saturated heterocycles. The molecule has 2 aromatic rings. The number of aromatic nitrogens is 2. The summed E-state index contributed by atoms with van der Waals surface area (Å²) in [7, 11) is 0. The highest BCUT2D eigenvalue weighted by molar-refractivity contribution is 5.79. The molecule has 3 aliphatic rings. The van der Waals surface area contributed by atoms with Gasteiger partial charge in [-0.25, -0.2) is 4.98 Å². The summed E-state index contributed by atoms with van der Waals surface area (Å²) >= 11 is 0. The first-order valence-electron chi connectivity index (χ1n) is 11.2. The average molecular weight is 455 g/mol. The molecule has 3 fully saturated rings. The van der Waals surface area contributed by atoms with Crippen LogP contribution in [0.3, 0.4) is 0 Å². The van der Waals surface area contributed by atoms with Gasteiger partial charge in [0.1, 0.15) is 5.82 Å². The van der Waals surface area contributed by atoms with Crippen molar-refractivity contribution >= 4 is 24.1 Å². The SMILES string of the molecule is Nc1nccc(N2C[C@H]3CN(C(=O)CN4CCOCC4)[C@H](c4ccccc4)[C@H]3C2)n1.O=CO. The second-order valence-electron chi connectivity index (χ2n) is 8.50. The van der Waals surface area contributed by atoms with E-state index in [0.29, 0.717) is 37.5 Å². The number of morpholine rings is 1. The summed E-state index contributed by atoms with van der Waals surface area (Å²) in [4.78, 5) is 36.7. The van der Waals surface area contributed by atoms with E-state index in [0.717, 1.165) is 38.5 Å². The molecule has 1 aromatic carbocycles. The van der Waals surface area contributed by atoms with Crippen LogP contribution in [0.1, 0.15) is 11.6 Å². The molecule has 10 heteroatoms. The Hall–Kier alpha value is -3.24. The normalized spacial score (nSPS) is 24.7. The Kier molecular flexibility index (Phi) is 7.36. The van der Waals surface area contributed by atoms with Crippen LogP contribution in [0.25, 0.3) is 0 Å². The lowest BCUT2D eigenvalue weighted by Gasteiger charge is -2.33. The number of hydrogen-bond acceptors (Lipinski definition) is 8. The molecular formula is C23H30N6O4. The molecule has 10 nitrogen and oxygen atoms in total. The molecule has 0 aliphatic carbocycles. The summed E-state index contributed by atoms with van der Waals surface area (Å²) in [5.74, 6) is 2.18.